The van der Waals surface area contributed by atoms with Crippen LogP contribution >= 0.6 is 0 Å². The molecule has 28 heavy (non-hydrogen) atoms. The van der Waals surface area contributed by atoms with Gasteiger partial charge in [0, 0.05) is 28.7 Å². The van der Waals surface area contributed by atoms with Gasteiger partial charge in [0.25, 0.3) is 5.91 Å². The van der Waals surface area contributed by atoms with E-state index in [2.05, 4.69) is 22.4 Å². The molecule has 6 nitrogen and oxygen atoms in total. The summed E-state index contributed by atoms with van der Waals surface area (Å²) in [6.45, 7) is 5.36. The third-order valence-corrected chi connectivity index (χ3v) is 4.12. The molecular formula is C22H25N3O3. The summed E-state index contributed by atoms with van der Waals surface area (Å²) in [7, 11) is 0. The van der Waals surface area contributed by atoms with E-state index in [-0.39, 0.29) is 5.91 Å². The van der Waals surface area contributed by atoms with E-state index in [0.29, 0.717) is 24.5 Å². The number of ether oxygens (including phenoxy) is 2. The fourth-order valence-corrected chi connectivity index (χ4v) is 2.75. The molecule has 2 aromatic carbocycles. The number of carbonyl (C=O) groups excluding carboxylic acids is 1. The molecule has 0 saturated carbocycles. The Morgan fingerprint density at radius 2 is 1.89 bits per heavy atom. The van der Waals surface area contributed by atoms with E-state index in [0.717, 1.165) is 35.1 Å². The largest absolute Gasteiger partial charge is 0.493 e. The number of aromatic amines is 1. The first-order valence-electron chi connectivity index (χ1n) is 9.52. The predicted octanol–water partition coefficient (Wildman–Crippen LogP) is 4.51. The van der Waals surface area contributed by atoms with Crippen molar-refractivity contribution in [3.8, 4) is 11.5 Å². The number of hydrogen-bond donors (Lipinski definition) is 2. The Balaban J connectivity index is 1.72. The maximum absolute atomic E-state index is 12.4. The zero-order valence-electron chi connectivity index (χ0n) is 16.2. The number of nitrogens with zero attached hydrogens (tertiary/aromatic N) is 1. The molecular weight excluding hydrogens is 354 g/mol. The number of rotatable bonds is 9. The zero-order valence-corrected chi connectivity index (χ0v) is 16.2. The van der Waals surface area contributed by atoms with Crippen molar-refractivity contribution in [1.82, 2.24) is 10.4 Å². The quantitative estimate of drug-likeness (QED) is 0.424. The van der Waals surface area contributed by atoms with Crippen LogP contribution in [0.15, 0.2) is 53.8 Å². The molecule has 146 valence electrons. The number of fused-ring (bicyclic) bond motifs is 1. The van der Waals surface area contributed by atoms with Gasteiger partial charge in [0.1, 0.15) is 11.5 Å². The van der Waals surface area contributed by atoms with Crippen molar-refractivity contribution in [2.45, 2.75) is 26.7 Å². The van der Waals surface area contributed by atoms with Gasteiger partial charge in [-0.25, -0.2) is 5.43 Å². The molecule has 3 aromatic rings. The lowest BCUT2D eigenvalue weighted by Crippen LogP contribution is -2.17. The summed E-state index contributed by atoms with van der Waals surface area (Å²) in [4.78, 5) is 15.5. The lowest BCUT2D eigenvalue weighted by atomic mass is 10.2. The fourth-order valence-electron chi connectivity index (χ4n) is 2.75. The number of aromatic nitrogens is 1. The molecule has 0 spiro atoms. The predicted molar refractivity (Wildman–Crippen MR) is 111 cm³/mol. The molecule has 0 aliphatic rings. The molecule has 0 aliphatic carbocycles. The van der Waals surface area contributed by atoms with Crippen LogP contribution in [0.4, 0.5) is 0 Å². The highest BCUT2D eigenvalue weighted by Crippen LogP contribution is 2.24. The van der Waals surface area contributed by atoms with Crippen LogP contribution in [0.3, 0.4) is 0 Å². The molecule has 0 aliphatic heterocycles. The number of hydrogen-bond acceptors (Lipinski definition) is 4. The van der Waals surface area contributed by atoms with Gasteiger partial charge in [-0.15, -0.1) is 0 Å². The summed E-state index contributed by atoms with van der Waals surface area (Å²) < 4.78 is 11.5. The van der Waals surface area contributed by atoms with Crippen LogP contribution < -0.4 is 14.9 Å². The Bertz CT molecular complexity index is 963. The standard InChI is InChI=1S/C22H25N3O3/c1-3-11-27-17-10-9-16(21(13-17)28-12-4-2)14-24-25-22(26)19-15-23-20-8-6-5-7-18(19)20/h5-10,13-15,23H,3-4,11-12H2,1-2H3,(H,25,26). The van der Waals surface area contributed by atoms with Crippen LogP contribution in [0.1, 0.15) is 42.6 Å². The van der Waals surface area contributed by atoms with E-state index in [1.165, 1.54) is 0 Å². The number of carbonyl (C=O) groups is 1. The lowest BCUT2D eigenvalue weighted by Gasteiger charge is -2.11. The Labute approximate surface area is 164 Å². The van der Waals surface area contributed by atoms with Crippen molar-refractivity contribution in [2.75, 3.05) is 13.2 Å². The molecule has 0 unspecified atom stereocenters. The van der Waals surface area contributed by atoms with E-state index in [1.807, 2.05) is 49.4 Å². The van der Waals surface area contributed by atoms with E-state index in [4.69, 9.17) is 9.47 Å². The van der Waals surface area contributed by atoms with Gasteiger partial charge in [0.05, 0.1) is 25.0 Å². The minimum Gasteiger partial charge on any atom is -0.493 e. The molecule has 0 saturated heterocycles. The van der Waals surface area contributed by atoms with Crippen LogP contribution in [0.5, 0.6) is 11.5 Å². The maximum atomic E-state index is 12.4. The first kappa shape index (κ1) is 19.5. The van der Waals surface area contributed by atoms with E-state index >= 15 is 0 Å². The molecule has 1 aromatic heterocycles. The van der Waals surface area contributed by atoms with Crippen molar-refractivity contribution in [2.24, 2.45) is 5.10 Å². The molecule has 3 rings (SSSR count). The SMILES string of the molecule is CCCOc1ccc(C=NNC(=O)c2c[nH]c3ccccc23)c(OCCC)c1. The monoisotopic (exact) mass is 379 g/mol. The van der Waals surface area contributed by atoms with Gasteiger partial charge in [-0.3, -0.25) is 4.79 Å². The highest BCUT2D eigenvalue weighted by molar-refractivity contribution is 6.06. The Morgan fingerprint density at radius 3 is 2.71 bits per heavy atom. The van der Waals surface area contributed by atoms with Crippen LogP contribution in [0, 0.1) is 0 Å². The highest BCUT2D eigenvalue weighted by atomic mass is 16.5. The second-order valence-electron chi connectivity index (χ2n) is 6.34. The summed E-state index contributed by atoms with van der Waals surface area (Å²) in [5.74, 6) is 1.17. The van der Waals surface area contributed by atoms with Gasteiger partial charge < -0.3 is 14.5 Å². The minimum absolute atomic E-state index is 0.271. The second-order valence-corrected chi connectivity index (χ2v) is 6.34. The summed E-state index contributed by atoms with van der Waals surface area (Å²) in [6.07, 6.45) is 5.11. The summed E-state index contributed by atoms with van der Waals surface area (Å²) >= 11 is 0. The summed E-state index contributed by atoms with van der Waals surface area (Å²) in [5, 5.41) is 4.97. The number of hydrazone groups is 1. The average Bonchev–Trinajstić information content (AvgIpc) is 3.16. The zero-order chi connectivity index (χ0) is 19.8. The van der Waals surface area contributed by atoms with Crippen LogP contribution in [0.2, 0.25) is 0 Å². The Kier molecular flexibility index (Phi) is 6.68. The van der Waals surface area contributed by atoms with E-state index in [1.54, 1.807) is 12.4 Å². The number of amides is 1. The second kappa shape index (κ2) is 9.60. The molecule has 0 fully saturated rings. The Hall–Kier alpha value is -3.28. The summed E-state index contributed by atoms with van der Waals surface area (Å²) in [5.41, 5.74) is 4.82. The topological polar surface area (TPSA) is 75.7 Å². The Morgan fingerprint density at radius 1 is 1.11 bits per heavy atom. The number of H-pyrrole nitrogens is 1. The number of para-hydroxylation sites is 1. The molecule has 2 N–H and O–H groups in total. The van der Waals surface area contributed by atoms with Crippen molar-refractivity contribution in [3.05, 3.63) is 59.8 Å². The first-order valence-corrected chi connectivity index (χ1v) is 9.52. The number of nitrogens with one attached hydrogen (secondary N) is 2. The molecule has 0 atom stereocenters. The van der Waals surface area contributed by atoms with Gasteiger partial charge >= 0.3 is 0 Å². The van der Waals surface area contributed by atoms with Crippen LogP contribution in [0.25, 0.3) is 10.9 Å². The van der Waals surface area contributed by atoms with Gasteiger partial charge in [-0.2, -0.15) is 5.10 Å². The highest BCUT2D eigenvalue weighted by Gasteiger charge is 2.11. The first-order chi connectivity index (χ1) is 13.7. The smallest absolute Gasteiger partial charge is 0.273 e. The third-order valence-electron chi connectivity index (χ3n) is 4.12. The average molecular weight is 379 g/mol. The van der Waals surface area contributed by atoms with Crippen LogP contribution in [-0.2, 0) is 0 Å². The van der Waals surface area contributed by atoms with Gasteiger partial charge in [0.2, 0.25) is 0 Å². The minimum atomic E-state index is -0.271. The normalized spacial score (nSPS) is 11.1. The summed E-state index contributed by atoms with van der Waals surface area (Å²) in [6, 6.07) is 13.2. The van der Waals surface area contributed by atoms with Crippen molar-refractivity contribution in [1.29, 1.82) is 0 Å². The molecule has 1 heterocycles. The molecule has 6 heteroatoms. The van der Waals surface area contributed by atoms with Gasteiger partial charge in [-0.05, 0) is 31.0 Å². The number of benzene rings is 2. The fraction of sp³-hybridized carbons (Fsp3) is 0.273. The molecule has 0 bridgehead atoms. The molecule has 0 radical (unpaired) electrons. The molecule has 1 amide bonds. The van der Waals surface area contributed by atoms with E-state index in [9.17, 15) is 4.79 Å². The van der Waals surface area contributed by atoms with Crippen molar-refractivity contribution in [3.63, 3.8) is 0 Å². The van der Waals surface area contributed by atoms with Gasteiger partial charge in [0.15, 0.2) is 0 Å². The lowest BCUT2D eigenvalue weighted by molar-refractivity contribution is 0.0957. The van der Waals surface area contributed by atoms with Crippen molar-refractivity contribution >= 4 is 23.0 Å². The van der Waals surface area contributed by atoms with Gasteiger partial charge in [-0.1, -0.05) is 32.0 Å². The van der Waals surface area contributed by atoms with Crippen LogP contribution in [-0.4, -0.2) is 30.3 Å². The third kappa shape index (κ3) is 4.71. The maximum Gasteiger partial charge on any atom is 0.273 e. The van der Waals surface area contributed by atoms with Crippen molar-refractivity contribution < 1.29 is 14.3 Å². The van der Waals surface area contributed by atoms with E-state index < -0.39 is 0 Å².